The van der Waals surface area contributed by atoms with Crippen molar-refractivity contribution in [1.82, 2.24) is 19.1 Å². The van der Waals surface area contributed by atoms with E-state index in [2.05, 4.69) is 166 Å². The molecule has 5 nitrogen and oxygen atoms in total. The van der Waals surface area contributed by atoms with E-state index in [-0.39, 0.29) is 5.92 Å². The molecule has 9 aromatic rings. The Balaban J connectivity index is 1.06. The van der Waals surface area contributed by atoms with Crippen LogP contribution in [0.1, 0.15) is 42.0 Å². The van der Waals surface area contributed by atoms with Gasteiger partial charge < -0.3 is 9.13 Å². The molecule has 0 amide bonds. The number of nitrogens with zero attached hydrogens (tertiary/aromatic N) is 5. The van der Waals surface area contributed by atoms with Crippen LogP contribution >= 0.6 is 0 Å². The highest BCUT2D eigenvalue weighted by Gasteiger charge is 2.20. The van der Waals surface area contributed by atoms with E-state index in [1.165, 1.54) is 60.3 Å². The molecule has 0 fully saturated rings. The molecule has 4 aromatic heterocycles. The number of aromatic nitrogens is 4. The molecule has 0 radical (unpaired) electrons. The zero-order chi connectivity index (χ0) is 37.0. The summed E-state index contributed by atoms with van der Waals surface area (Å²) in [7, 11) is 0. The molecule has 1 aliphatic carbocycles. The van der Waals surface area contributed by atoms with Crippen molar-refractivity contribution >= 4 is 61.1 Å². The summed E-state index contributed by atoms with van der Waals surface area (Å²) in [4.78, 5) is 14.4. The van der Waals surface area contributed by atoms with Gasteiger partial charge in [-0.1, -0.05) is 103 Å². The van der Waals surface area contributed by atoms with Crippen LogP contribution in [0.3, 0.4) is 0 Å². The van der Waals surface area contributed by atoms with E-state index >= 15 is 0 Å². The number of benzene rings is 5. The number of allylic oxidation sites excluding steroid dienone is 5. The number of aliphatic imine (C=N–C) groups is 1. The number of fused-ring (bicyclic) bond motifs is 6. The van der Waals surface area contributed by atoms with E-state index in [0.29, 0.717) is 0 Å². The Labute approximate surface area is 324 Å². The summed E-state index contributed by atoms with van der Waals surface area (Å²) in [5, 5.41) is 5.01. The van der Waals surface area contributed by atoms with Crippen LogP contribution in [-0.2, 0) is 0 Å². The lowest BCUT2D eigenvalue weighted by Gasteiger charge is -2.20. The molecule has 2 aliphatic rings. The zero-order valence-electron chi connectivity index (χ0n) is 30.8. The summed E-state index contributed by atoms with van der Waals surface area (Å²) in [5.41, 5.74) is 14.2. The SMILES string of the molecule is C1=CC(c2cc(C3=CCCC=N3)nc(-c3ccccn3)c2)CC=C1c1cc(-n2c3ccccc3c3ccccc32)cc(-n2c3ccccc3c3ccccc32)c1. The second-order valence-corrected chi connectivity index (χ2v) is 14.7. The van der Waals surface area contributed by atoms with Gasteiger partial charge in [0.25, 0.3) is 0 Å². The van der Waals surface area contributed by atoms with Gasteiger partial charge in [-0.2, -0.15) is 0 Å². The minimum atomic E-state index is 0.188. The van der Waals surface area contributed by atoms with Crippen LogP contribution in [0.25, 0.3) is 77.6 Å². The van der Waals surface area contributed by atoms with Crippen molar-refractivity contribution in [3.63, 3.8) is 0 Å². The normalized spacial score (nSPS) is 15.5. The molecule has 0 bridgehead atoms. The van der Waals surface area contributed by atoms with E-state index in [4.69, 9.17) is 9.98 Å². The van der Waals surface area contributed by atoms with Gasteiger partial charge in [-0.25, -0.2) is 4.98 Å². The zero-order valence-corrected chi connectivity index (χ0v) is 30.8. The van der Waals surface area contributed by atoms with Crippen molar-refractivity contribution < 1.29 is 0 Å². The first kappa shape index (κ1) is 32.3. The summed E-state index contributed by atoms with van der Waals surface area (Å²) in [5.74, 6) is 0.188. The highest BCUT2D eigenvalue weighted by molar-refractivity contribution is 6.10. The predicted octanol–water partition coefficient (Wildman–Crippen LogP) is 12.7. The number of hydrogen-bond donors (Lipinski definition) is 0. The van der Waals surface area contributed by atoms with Crippen LogP contribution in [0.4, 0.5) is 0 Å². The van der Waals surface area contributed by atoms with Gasteiger partial charge in [0.05, 0.1) is 44.8 Å². The van der Waals surface area contributed by atoms with Crippen molar-refractivity contribution in [2.24, 2.45) is 4.99 Å². The maximum atomic E-state index is 5.05. The Morgan fingerprint density at radius 3 is 1.61 bits per heavy atom. The van der Waals surface area contributed by atoms with Gasteiger partial charge in [0.15, 0.2) is 0 Å². The molecule has 5 heterocycles. The van der Waals surface area contributed by atoms with Gasteiger partial charge in [0.1, 0.15) is 0 Å². The van der Waals surface area contributed by atoms with Crippen LogP contribution in [0, 0.1) is 0 Å². The summed E-state index contributed by atoms with van der Waals surface area (Å²) in [6, 6.07) is 52.5. The second-order valence-electron chi connectivity index (χ2n) is 14.7. The van der Waals surface area contributed by atoms with E-state index in [1.807, 2.05) is 30.6 Å². The topological polar surface area (TPSA) is 48.0 Å². The third-order valence-electron chi connectivity index (χ3n) is 11.3. The Morgan fingerprint density at radius 2 is 1.09 bits per heavy atom. The van der Waals surface area contributed by atoms with Gasteiger partial charge in [0.2, 0.25) is 0 Å². The fourth-order valence-electron chi connectivity index (χ4n) is 8.73. The van der Waals surface area contributed by atoms with E-state index < -0.39 is 0 Å². The maximum Gasteiger partial charge on any atom is 0.0897 e. The molecular formula is C51H37N5. The third-order valence-corrected chi connectivity index (χ3v) is 11.3. The highest BCUT2D eigenvalue weighted by Crippen LogP contribution is 2.39. The summed E-state index contributed by atoms with van der Waals surface area (Å²) in [6.45, 7) is 0. The summed E-state index contributed by atoms with van der Waals surface area (Å²) < 4.78 is 4.86. The fraction of sp³-hybridized carbons (Fsp3) is 0.0784. The van der Waals surface area contributed by atoms with E-state index in [0.717, 1.165) is 53.4 Å². The average molecular weight is 720 g/mol. The molecule has 1 atom stereocenters. The molecule has 1 aliphatic heterocycles. The van der Waals surface area contributed by atoms with Gasteiger partial charge in [-0.15, -0.1) is 0 Å². The van der Waals surface area contributed by atoms with Gasteiger partial charge in [-0.05, 0) is 103 Å². The number of hydrogen-bond acceptors (Lipinski definition) is 3. The standard InChI is InChI=1S/C51H37N5/c1-5-19-48-40(13-1)41-14-2-6-20-49(41)55(48)38-29-36(30-39(33-38)56-50-21-7-3-15-42(50)43-16-4-8-22-51(43)56)34-23-25-35(26-24-34)37-31-46(44-17-9-11-27-52-44)54-47(32-37)45-18-10-12-28-53-45/h1-9,11,13-25,27-33,35H,10,12,26H2. The molecule has 56 heavy (non-hydrogen) atoms. The first-order valence-corrected chi connectivity index (χ1v) is 19.4. The van der Waals surface area contributed by atoms with Crippen LogP contribution in [0.5, 0.6) is 0 Å². The highest BCUT2D eigenvalue weighted by atomic mass is 15.0. The first-order valence-electron chi connectivity index (χ1n) is 19.4. The largest absolute Gasteiger partial charge is 0.309 e. The van der Waals surface area contributed by atoms with Gasteiger partial charge >= 0.3 is 0 Å². The number of pyridine rings is 2. The lowest BCUT2D eigenvalue weighted by Crippen LogP contribution is -2.04. The van der Waals surface area contributed by atoms with Gasteiger partial charge in [-0.3, -0.25) is 9.98 Å². The monoisotopic (exact) mass is 719 g/mol. The van der Waals surface area contributed by atoms with Crippen LogP contribution in [0.15, 0.2) is 181 Å². The Bertz CT molecular complexity index is 2880. The Morgan fingerprint density at radius 1 is 0.518 bits per heavy atom. The van der Waals surface area contributed by atoms with Crippen LogP contribution in [-0.4, -0.2) is 25.3 Å². The van der Waals surface area contributed by atoms with Crippen LogP contribution < -0.4 is 0 Å². The molecule has 1 unspecified atom stereocenters. The average Bonchev–Trinajstić information content (AvgIpc) is 3.80. The lowest BCUT2D eigenvalue weighted by molar-refractivity contribution is 0.852. The van der Waals surface area contributed by atoms with E-state index in [9.17, 15) is 0 Å². The van der Waals surface area contributed by atoms with Crippen molar-refractivity contribution in [2.45, 2.75) is 25.2 Å². The molecule has 0 saturated carbocycles. The maximum absolute atomic E-state index is 5.05. The molecule has 11 rings (SSSR count). The van der Waals surface area contributed by atoms with Crippen molar-refractivity contribution in [3.05, 3.63) is 193 Å². The van der Waals surface area contributed by atoms with E-state index in [1.54, 1.807) is 0 Å². The summed E-state index contributed by atoms with van der Waals surface area (Å²) in [6.07, 6.45) is 15.9. The molecule has 0 N–H and O–H groups in total. The molecule has 5 heteroatoms. The Hall–Kier alpha value is -7.11. The second kappa shape index (κ2) is 13.3. The number of rotatable bonds is 6. The van der Waals surface area contributed by atoms with Crippen molar-refractivity contribution in [1.29, 1.82) is 0 Å². The Kier molecular flexibility index (Phi) is 7.69. The minimum Gasteiger partial charge on any atom is -0.309 e. The first-order chi connectivity index (χ1) is 27.8. The minimum absolute atomic E-state index is 0.188. The van der Waals surface area contributed by atoms with Gasteiger partial charge in [0, 0.05) is 51.2 Å². The molecule has 266 valence electrons. The number of para-hydroxylation sites is 4. The fourth-order valence-corrected chi connectivity index (χ4v) is 8.73. The smallest absolute Gasteiger partial charge is 0.0897 e. The molecular weight excluding hydrogens is 683 g/mol. The van der Waals surface area contributed by atoms with Crippen LogP contribution in [0.2, 0.25) is 0 Å². The summed E-state index contributed by atoms with van der Waals surface area (Å²) >= 11 is 0. The third kappa shape index (κ3) is 5.43. The van der Waals surface area contributed by atoms with Crippen molar-refractivity contribution in [3.8, 4) is 22.8 Å². The van der Waals surface area contributed by atoms with Crippen molar-refractivity contribution in [2.75, 3.05) is 0 Å². The molecule has 0 saturated heterocycles. The predicted molar refractivity (Wildman–Crippen MR) is 233 cm³/mol. The molecule has 0 spiro atoms. The quantitative estimate of drug-likeness (QED) is 0.172. The lowest BCUT2D eigenvalue weighted by atomic mass is 9.87. The molecule has 5 aromatic carbocycles.